The summed E-state index contributed by atoms with van der Waals surface area (Å²) in [4.78, 5) is 119. The van der Waals surface area contributed by atoms with Crippen molar-refractivity contribution in [1.82, 2.24) is 37.2 Å². The van der Waals surface area contributed by atoms with E-state index in [0.29, 0.717) is 25.7 Å². The number of carboxylic acid groups (broad SMARTS) is 1. The Morgan fingerprint density at radius 3 is 1.21 bits per heavy atom. The molecule has 0 aliphatic rings. The summed E-state index contributed by atoms with van der Waals surface area (Å²) >= 11 is 0. The Hall–Kier alpha value is -6.55. The van der Waals surface area contributed by atoms with Crippen molar-refractivity contribution in [2.45, 2.75) is 154 Å². The number of hydrogen-bond donors (Lipinski definition) is 17. The molecule has 0 spiro atoms. The number of aliphatic hydroxyl groups is 1. The molecule has 0 fully saturated rings. The van der Waals surface area contributed by atoms with Crippen LogP contribution in [0.4, 0.5) is 0 Å². The number of unbranched alkanes of at least 4 members (excludes halogenated alkanes) is 1. The maximum Gasteiger partial charge on any atom is 0.326 e. The van der Waals surface area contributed by atoms with Gasteiger partial charge in [0.2, 0.25) is 41.4 Å². The first kappa shape index (κ1) is 63.4. The molecule has 0 aliphatic carbocycles. The monoisotopic (exact) mass is 999 g/mol. The standard InChI is InChI=1S/C42H82N18O10/c1-6-23(4)31(39(69)70)60-38(68)30(21-61)59-37(67)26(12-7-8-16-43)57-36(66)29(15-11-19-53-42(49)50)58-35(65)28(14-10-18-52-41(47)48)55-32(62)24(5)54-34(64)27(13-9-17-51-40(45)46)56-33(63)25(44)20-22(2)3/h22-31,61H,6-21,43-44H2,1-5H3,(H,54,64)(H,55,62)(H,56,63)(H,57,66)(H,58,65)(H,59,67)(H,60,68)(H,69,70)(H4,45,46,51)(H4,47,48,52)(H4,49,50,53)/t23-,24-,25-,26-,27-,28-,29-,30-,31-/m0/s1. The zero-order valence-electron chi connectivity index (χ0n) is 41.2. The predicted octanol–water partition coefficient (Wildman–Crippen LogP) is -5.81. The molecule has 0 heterocycles. The third-order valence-corrected chi connectivity index (χ3v) is 10.7. The number of nitrogens with zero attached hydrogens (tertiary/aromatic N) is 3. The van der Waals surface area contributed by atoms with Gasteiger partial charge >= 0.3 is 5.97 Å². The van der Waals surface area contributed by atoms with Crippen molar-refractivity contribution in [1.29, 1.82) is 0 Å². The topological polar surface area (TPSA) is 506 Å². The van der Waals surface area contributed by atoms with E-state index in [-0.39, 0.29) is 94.9 Å². The lowest BCUT2D eigenvalue weighted by Gasteiger charge is -2.27. The molecule has 0 radical (unpaired) electrons. The Labute approximate surface area is 409 Å². The molecule has 28 heteroatoms. The lowest BCUT2D eigenvalue weighted by molar-refractivity contribution is -0.144. The largest absolute Gasteiger partial charge is 0.480 e. The Morgan fingerprint density at radius 1 is 0.500 bits per heavy atom. The van der Waals surface area contributed by atoms with Crippen LogP contribution in [0.3, 0.4) is 0 Å². The second kappa shape index (κ2) is 34.7. The van der Waals surface area contributed by atoms with E-state index in [1.54, 1.807) is 13.8 Å². The molecule has 0 rings (SSSR count). The highest BCUT2D eigenvalue weighted by Crippen LogP contribution is 2.11. The van der Waals surface area contributed by atoms with E-state index in [1.807, 2.05) is 13.8 Å². The summed E-state index contributed by atoms with van der Waals surface area (Å²) in [6.07, 6.45) is 1.90. The lowest BCUT2D eigenvalue weighted by atomic mass is 9.99. The highest BCUT2D eigenvalue weighted by Gasteiger charge is 2.34. The van der Waals surface area contributed by atoms with Gasteiger partial charge in [0.15, 0.2) is 17.9 Å². The summed E-state index contributed by atoms with van der Waals surface area (Å²) in [6, 6.07) is -10.4. The van der Waals surface area contributed by atoms with Crippen LogP contribution in [-0.4, -0.2) is 157 Å². The van der Waals surface area contributed by atoms with E-state index in [9.17, 15) is 48.6 Å². The number of rotatable bonds is 36. The van der Waals surface area contributed by atoms with Crippen LogP contribution >= 0.6 is 0 Å². The van der Waals surface area contributed by atoms with E-state index >= 15 is 0 Å². The zero-order chi connectivity index (χ0) is 53.5. The molecule has 25 N–H and O–H groups in total. The summed E-state index contributed by atoms with van der Waals surface area (Å²) in [7, 11) is 0. The number of aliphatic carboxylic acids is 1. The molecule has 70 heavy (non-hydrogen) atoms. The summed E-state index contributed by atoms with van der Waals surface area (Å²) in [5.41, 5.74) is 44.5. The van der Waals surface area contributed by atoms with Gasteiger partial charge in [0.25, 0.3) is 0 Å². The fourth-order valence-corrected chi connectivity index (χ4v) is 6.60. The smallest absolute Gasteiger partial charge is 0.326 e. The predicted molar refractivity (Wildman–Crippen MR) is 263 cm³/mol. The number of carbonyl (C=O) groups is 8. The van der Waals surface area contributed by atoms with Crippen LogP contribution in [0.2, 0.25) is 0 Å². The number of carbonyl (C=O) groups excluding carboxylic acids is 7. The molecule has 9 atom stereocenters. The van der Waals surface area contributed by atoms with Gasteiger partial charge in [-0.3, -0.25) is 48.5 Å². The van der Waals surface area contributed by atoms with E-state index < -0.39 is 108 Å². The summed E-state index contributed by atoms with van der Waals surface area (Å²) in [6.45, 7) is 7.98. The van der Waals surface area contributed by atoms with Crippen molar-refractivity contribution >= 4 is 65.2 Å². The number of carboxylic acids is 1. The molecule has 0 unspecified atom stereocenters. The average Bonchev–Trinajstić information content (AvgIpc) is 3.28. The number of amides is 7. The molecule has 0 bridgehead atoms. The van der Waals surface area contributed by atoms with Crippen molar-refractivity contribution < 1.29 is 48.6 Å². The molecular formula is C42H82N18O10. The highest BCUT2D eigenvalue weighted by molar-refractivity contribution is 5.97. The summed E-state index contributed by atoms with van der Waals surface area (Å²) in [5, 5.41) is 37.4. The van der Waals surface area contributed by atoms with Crippen LogP contribution in [0.5, 0.6) is 0 Å². The van der Waals surface area contributed by atoms with Gasteiger partial charge < -0.3 is 93.3 Å². The van der Waals surface area contributed by atoms with E-state index in [0.717, 1.165) is 0 Å². The van der Waals surface area contributed by atoms with Gasteiger partial charge in [-0.15, -0.1) is 0 Å². The van der Waals surface area contributed by atoms with Crippen molar-refractivity contribution in [3.05, 3.63) is 0 Å². The molecule has 7 amide bonds. The van der Waals surface area contributed by atoms with Crippen LogP contribution in [0.25, 0.3) is 0 Å². The SMILES string of the molecule is CC[C@H](C)[C@H](NC(=O)[C@H](CO)NC(=O)[C@H](CCCCN)NC(=O)[C@H](CCCN=C(N)N)NC(=O)[C@H](CCCN=C(N)N)NC(=O)[C@H](C)NC(=O)[C@H](CCCN=C(N)N)NC(=O)[C@@H](N)CC(C)C)C(=O)O. The van der Waals surface area contributed by atoms with Crippen LogP contribution < -0.4 is 83.1 Å². The molecule has 0 aromatic carbocycles. The van der Waals surface area contributed by atoms with Crippen molar-refractivity contribution in [3.63, 3.8) is 0 Å². The van der Waals surface area contributed by atoms with E-state index in [4.69, 9.17) is 45.9 Å². The van der Waals surface area contributed by atoms with Crippen molar-refractivity contribution in [3.8, 4) is 0 Å². The van der Waals surface area contributed by atoms with Crippen molar-refractivity contribution in [2.24, 2.45) is 72.7 Å². The first-order chi connectivity index (χ1) is 32.9. The average molecular weight is 999 g/mol. The van der Waals surface area contributed by atoms with Gasteiger partial charge in [-0.1, -0.05) is 34.1 Å². The van der Waals surface area contributed by atoms with Crippen LogP contribution in [-0.2, 0) is 38.4 Å². The molecule has 0 aliphatic heterocycles. The van der Waals surface area contributed by atoms with Gasteiger partial charge in [-0.2, -0.15) is 0 Å². The third-order valence-electron chi connectivity index (χ3n) is 10.7. The zero-order valence-corrected chi connectivity index (χ0v) is 41.2. The summed E-state index contributed by atoms with van der Waals surface area (Å²) in [5.74, 6) is -8.13. The normalized spacial score (nSPS) is 14.8. The van der Waals surface area contributed by atoms with Crippen LogP contribution in [0.15, 0.2) is 15.0 Å². The summed E-state index contributed by atoms with van der Waals surface area (Å²) < 4.78 is 0. The fourth-order valence-electron chi connectivity index (χ4n) is 6.60. The quantitative estimate of drug-likeness (QED) is 0.0158. The van der Waals surface area contributed by atoms with Crippen LogP contribution in [0, 0.1) is 11.8 Å². The molecule has 28 nitrogen and oxygen atoms in total. The minimum Gasteiger partial charge on any atom is -0.480 e. The molecule has 0 saturated heterocycles. The molecule has 0 aromatic rings. The van der Waals surface area contributed by atoms with Gasteiger partial charge in [0.1, 0.15) is 42.3 Å². The third kappa shape index (κ3) is 26.9. The highest BCUT2D eigenvalue weighted by atomic mass is 16.4. The maximum atomic E-state index is 14.1. The molecule has 400 valence electrons. The number of aliphatic imine (C=N–C) groups is 3. The minimum absolute atomic E-state index is 0.00748. The lowest BCUT2D eigenvalue weighted by Crippen LogP contribution is -2.60. The minimum atomic E-state index is -1.61. The van der Waals surface area contributed by atoms with Gasteiger partial charge in [0.05, 0.1) is 12.6 Å². The molecule has 0 aromatic heterocycles. The number of hydrogen-bond acceptors (Lipinski definition) is 14. The Kier molecular flexibility index (Phi) is 31.4. The van der Waals surface area contributed by atoms with E-state index in [1.165, 1.54) is 6.92 Å². The van der Waals surface area contributed by atoms with Crippen molar-refractivity contribution in [2.75, 3.05) is 32.8 Å². The maximum absolute atomic E-state index is 14.1. The number of nitrogens with two attached hydrogens (primary N) is 8. The number of guanidine groups is 3. The molecular weight excluding hydrogens is 917 g/mol. The Bertz CT molecular complexity index is 1770. The number of aliphatic hydroxyl groups excluding tert-OH is 1. The molecule has 0 saturated carbocycles. The second-order valence-electron chi connectivity index (χ2n) is 17.3. The van der Waals surface area contributed by atoms with Gasteiger partial charge in [-0.25, -0.2) is 4.79 Å². The van der Waals surface area contributed by atoms with E-state index in [2.05, 4.69) is 52.2 Å². The van der Waals surface area contributed by atoms with Gasteiger partial charge in [-0.05, 0) is 89.5 Å². The first-order valence-corrected chi connectivity index (χ1v) is 23.5. The Morgan fingerprint density at radius 2 is 0.857 bits per heavy atom. The van der Waals surface area contributed by atoms with Gasteiger partial charge in [0, 0.05) is 19.6 Å². The first-order valence-electron chi connectivity index (χ1n) is 23.5. The Balaban J connectivity index is 6.67. The van der Waals surface area contributed by atoms with Crippen LogP contribution in [0.1, 0.15) is 105 Å². The fraction of sp³-hybridized carbons (Fsp3) is 0.738. The second-order valence-corrected chi connectivity index (χ2v) is 17.3. The number of nitrogens with one attached hydrogen (secondary N) is 7.